The number of fused-ring (bicyclic) bond motifs is 3. The third-order valence-electron chi connectivity index (χ3n) is 4.78. The normalized spacial score (nSPS) is 11.0. The number of carbonyl (C=O) groups is 2. The zero-order valence-electron chi connectivity index (χ0n) is 15.7. The standard InChI is InChI=1S/C22H19N3O4/c1-14(26)25(28)29-19-12-6-11-18-21(19)20-16(22(23)27)9-5-10-17(20)24(18)13-15-7-3-2-4-8-15/h2-12,28H,13H2,1H3,(H2,23,27). The molecule has 1 aromatic heterocycles. The van der Waals surface area contributed by atoms with Crippen molar-refractivity contribution in [1.29, 1.82) is 0 Å². The molecule has 0 unspecified atom stereocenters. The summed E-state index contributed by atoms with van der Waals surface area (Å²) in [4.78, 5) is 28.9. The van der Waals surface area contributed by atoms with E-state index in [4.69, 9.17) is 10.6 Å². The number of hydrogen-bond acceptors (Lipinski definition) is 4. The van der Waals surface area contributed by atoms with E-state index in [1.807, 2.05) is 42.5 Å². The second-order valence-corrected chi connectivity index (χ2v) is 6.67. The lowest BCUT2D eigenvalue weighted by Gasteiger charge is -2.14. The summed E-state index contributed by atoms with van der Waals surface area (Å²) in [5.41, 5.74) is 8.62. The minimum Gasteiger partial charge on any atom is -0.366 e. The molecule has 0 bridgehead atoms. The van der Waals surface area contributed by atoms with Crippen molar-refractivity contribution in [2.24, 2.45) is 5.73 Å². The molecule has 0 aliphatic carbocycles. The van der Waals surface area contributed by atoms with Crippen molar-refractivity contribution in [3.63, 3.8) is 0 Å². The highest BCUT2D eigenvalue weighted by Gasteiger charge is 2.21. The number of benzene rings is 3. The molecule has 0 saturated carbocycles. The van der Waals surface area contributed by atoms with Crippen molar-refractivity contribution in [3.05, 3.63) is 77.9 Å². The first-order valence-electron chi connectivity index (χ1n) is 9.02. The first-order chi connectivity index (χ1) is 14.0. The Kier molecular flexibility index (Phi) is 4.66. The second kappa shape index (κ2) is 7.29. The molecule has 4 rings (SSSR count). The highest BCUT2D eigenvalue weighted by atomic mass is 16.9. The summed E-state index contributed by atoms with van der Waals surface area (Å²) in [5, 5.41) is 11.2. The molecule has 0 saturated heterocycles. The van der Waals surface area contributed by atoms with Crippen LogP contribution in [0.3, 0.4) is 0 Å². The van der Waals surface area contributed by atoms with Gasteiger partial charge in [0.25, 0.3) is 5.91 Å². The lowest BCUT2D eigenvalue weighted by Crippen LogP contribution is -2.28. The Bertz CT molecular complexity index is 1230. The van der Waals surface area contributed by atoms with E-state index >= 15 is 0 Å². The molecule has 0 atom stereocenters. The van der Waals surface area contributed by atoms with Gasteiger partial charge in [-0.3, -0.25) is 14.8 Å². The molecule has 0 spiro atoms. The summed E-state index contributed by atoms with van der Waals surface area (Å²) in [6.45, 7) is 1.73. The first kappa shape index (κ1) is 18.5. The lowest BCUT2D eigenvalue weighted by molar-refractivity contribution is -0.262. The minimum absolute atomic E-state index is 0.169. The van der Waals surface area contributed by atoms with Crippen molar-refractivity contribution in [2.45, 2.75) is 13.5 Å². The van der Waals surface area contributed by atoms with Gasteiger partial charge in [-0.05, 0) is 35.1 Å². The van der Waals surface area contributed by atoms with E-state index in [9.17, 15) is 14.8 Å². The fourth-order valence-corrected chi connectivity index (χ4v) is 3.53. The number of nitrogens with zero attached hydrogens (tertiary/aromatic N) is 2. The monoisotopic (exact) mass is 389 g/mol. The number of hydrogen-bond donors (Lipinski definition) is 2. The molecule has 0 aliphatic rings. The van der Waals surface area contributed by atoms with Crippen molar-refractivity contribution in [2.75, 3.05) is 0 Å². The highest BCUT2D eigenvalue weighted by molar-refractivity contribution is 6.19. The van der Waals surface area contributed by atoms with Gasteiger partial charge in [0.05, 0.1) is 16.4 Å². The van der Waals surface area contributed by atoms with Gasteiger partial charge in [-0.25, -0.2) is 0 Å². The molecule has 1 heterocycles. The molecule has 3 aromatic carbocycles. The van der Waals surface area contributed by atoms with Crippen LogP contribution in [-0.2, 0) is 11.3 Å². The minimum atomic E-state index is -0.676. The average molecular weight is 389 g/mol. The van der Waals surface area contributed by atoms with E-state index < -0.39 is 11.8 Å². The van der Waals surface area contributed by atoms with Crippen molar-refractivity contribution < 1.29 is 19.6 Å². The summed E-state index contributed by atoms with van der Waals surface area (Å²) in [6.07, 6.45) is 0. The predicted octanol–water partition coefficient (Wildman–Crippen LogP) is 3.47. The van der Waals surface area contributed by atoms with Gasteiger partial charge in [-0.15, -0.1) is 0 Å². The first-order valence-corrected chi connectivity index (χ1v) is 9.02. The van der Waals surface area contributed by atoms with Gasteiger partial charge in [0.2, 0.25) is 5.91 Å². The molecule has 4 aromatic rings. The molecule has 0 fully saturated rings. The highest BCUT2D eigenvalue weighted by Crippen LogP contribution is 2.38. The third kappa shape index (κ3) is 3.28. The van der Waals surface area contributed by atoms with Crippen LogP contribution in [-0.4, -0.2) is 26.8 Å². The third-order valence-corrected chi connectivity index (χ3v) is 4.78. The second-order valence-electron chi connectivity index (χ2n) is 6.67. The SMILES string of the molecule is CC(=O)N(O)Oc1cccc2c1c1c(C(N)=O)cccc1n2Cc1ccccc1. The molecule has 146 valence electrons. The number of amides is 2. The molecule has 2 amide bonds. The molecule has 29 heavy (non-hydrogen) atoms. The van der Waals surface area contributed by atoms with E-state index in [1.54, 1.807) is 24.3 Å². The topological polar surface area (TPSA) is 97.8 Å². The Morgan fingerprint density at radius 2 is 1.62 bits per heavy atom. The molecule has 7 heteroatoms. The largest absolute Gasteiger partial charge is 0.366 e. The van der Waals surface area contributed by atoms with Gasteiger partial charge in [0.15, 0.2) is 5.75 Å². The number of carbonyl (C=O) groups excluding carboxylic acids is 2. The van der Waals surface area contributed by atoms with Crippen molar-refractivity contribution in [1.82, 2.24) is 9.79 Å². The number of primary amides is 1. The molecular formula is C22H19N3O4. The summed E-state index contributed by atoms with van der Waals surface area (Å²) in [5.74, 6) is -1.01. The molecular weight excluding hydrogens is 370 g/mol. The van der Waals surface area contributed by atoms with E-state index in [0.29, 0.717) is 22.9 Å². The lowest BCUT2D eigenvalue weighted by atomic mass is 10.1. The van der Waals surface area contributed by atoms with Crippen molar-refractivity contribution >= 4 is 33.6 Å². The van der Waals surface area contributed by atoms with E-state index in [0.717, 1.165) is 16.6 Å². The Morgan fingerprint density at radius 3 is 2.28 bits per heavy atom. The fourth-order valence-electron chi connectivity index (χ4n) is 3.53. The number of hydroxylamine groups is 2. The maximum atomic E-state index is 12.1. The van der Waals surface area contributed by atoms with E-state index in [-0.39, 0.29) is 11.0 Å². The predicted molar refractivity (Wildman–Crippen MR) is 108 cm³/mol. The van der Waals surface area contributed by atoms with E-state index in [1.165, 1.54) is 6.92 Å². The fraction of sp³-hybridized carbons (Fsp3) is 0.0909. The average Bonchev–Trinajstić information content (AvgIpc) is 3.03. The molecule has 0 radical (unpaired) electrons. The molecule has 0 aliphatic heterocycles. The van der Waals surface area contributed by atoms with Crippen LogP contribution in [0, 0.1) is 0 Å². The van der Waals surface area contributed by atoms with Crippen LogP contribution in [0.15, 0.2) is 66.7 Å². The van der Waals surface area contributed by atoms with Crippen LogP contribution in [0.2, 0.25) is 0 Å². The Morgan fingerprint density at radius 1 is 0.966 bits per heavy atom. The van der Waals surface area contributed by atoms with Gasteiger partial charge < -0.3 is 15.1 Å². The van der Waals surface area contributed by atoms with Crippen LogP contribution in [0.25, 0.3) is 21.8 Å². The van der Waals surface area contributed by atoms with Crippen LogP contribution in [0.1, 0.15) is 22.8 Å². The Hall–Kier alpha value is -3.84. The van der Waals surface area contributed by atoms with Gasteiger partial charge in [-0.2, -0.15) is 0 Å². The van der Waals surface area contributed by atoms with Crippen LogP contribution in [0.4, 0.5) is 0 Å². The van der Waals surface area contributed by atoms with Gasteiger partial charge in [0.1, 0.15) is 0 Å². The van der Waals surface area contributed by atoms with Crippen LogP contribution >= 0.6 is 0 Å². The number of rotatable bonds is 5. The molecule has 7 nitrogen and oxygen atoms in total. The Labute approximate surface area is 166 Å². The quantitative estimate of drug-likeness (QED) is 0.403. The molecule has 3 N–H and O–H groups in total. The van der Waals surface area contributed by atoms with Crippen LogP contribution in [0.5, 0.6) is 5.75 Å². The van der Waals surface area contributed by atoms with Gasteiger partial charge in [-0.1, -0.05) is 42.5 Å². The maximum Gasteiger partial charge on any atom is 0.281 e. The van der Waals surface area contributed by atoms with Crippen LogP contribution < -0.4 is 10.6 Å². The van der Waals surface area contributed by atoms with Crippen molar-refractivity contribution in [3.8, 4) is 5.75 Å². The smallest absolute Gasteiger partial charge is 0.281 e. The van der Waals surface area contributed by atoms with Gasteiger partial charge >= 0.3 is 0 Å². The number of aromatic nitrogens is 1. The van der Waals surface area contributed by atoms with Gasteiger partial charge in [0, 0.05) is 24.4 Å². The summed E-state index contributed by atoms with van der Waals surface area (Å²) in [7, 11) is 0. The zero-order chi connectivity index (χ0) is 20.5. The summed E-state index contributed by atoms with van der Waals surface area (Å²) in [6, 6.07) is 20.5. The maximum absolute atomic E-state index is 12.1. The summed E-state index contributed by atoms with van der Waals surface area (Å²) < 4.78 is 2.05. The van der Waals surface area contributed by atoms with E-state index in [2.05, 4.69) is 4.57 Å². The number of nitrogens with two attached hydrogens (primary N) is 1. The summed E-state index contributed by atoms with van der Waals surface area (Å²) >= 11 is 0. The Balaban J connectivity index is 2.03. The zero-order valence-corrected chi connectivity index (χ0v) is 15.7.